The molecule has 1 aromatic heterocycles. The molecule has 1 saturated heterocycles. The van der Waals surface area contributed by atoms with E-state index in [4.69, 9.17) is 9.84 Å². The summed E-state index contributed by atoms with van der Waals surface area (Å²) in [5.41, 5.74) is 7.00. The Kier molecular flexibility index (Phi) is 5.37. The predicted octanol–water partition coefficient (Wildman–Crippen LogP) is 4.42. The van der Waals surface area contributed by atoms with Gasteiger partial charge in [-0.05, 0) is 43.9 Å². The van der Waals surface area contributed by atoms with Crippen molar-refractivity contribution in [1.82, 2.24) is 15.1 Å². The lowest BCUT2D eigenvalue weighted by atomic mass is 10.1. The Morgan fingerprint density at radius 2 is 2.00 bits per heavy atom. The molecule has 4 heteroatoms. The summed E-state index contributed by atoms with van der Waals surface area (Å²) in [5, 5.41) is 8.51. The lowest BCUT2D eigenvalue weighted by molar-refractivity contribution is 0.110. The SMILES string of the molecule is Cc1ccc(C)c(-n2cc(CNCC3CCCO3)c(-c3ccccc3)n2)c1. The van der Waals surface area contributed by atoms with E-state index < -0.39 is 0 Å². The van der Waals surface area contributed by atoms with Gasteiger partial charge in [-0.2, -0.15) is 5.10 Å². The lowest BCUT2D eigenvalue weighted by Crippen LogP contribution is -2.25. The van der Waals surface area contributed by atoms with E-state index in [0.717, 1.165) is 43.1 Å². The number of hydrogen-bond donors (Lipinski definition) is 1. The second-order valence-corrected chi connectivity index (χ2v) is 7.37. The number of aromatic nitrogens is 2. The molecule has 4 nitrogen and oxygen atoms in total. The van der Waals surface area contributed by atoms with Crippen molar-refractivity contribution in [3.8, 4) is 16.9 Å². The molecule has 3 aromatic rings. The van der Waals surface area contributed by atoms with Crippen molar-refractivity contribution in [2.24, 2.45) is 0 Å². The highest BCUT2D eigenvalue weighted by molar-refractivity contribution is 5.63. The zero-order valence-electron chi connectivity index (χ0n) is 16.1. The van der Waals surface area contributed by atoms with Crippen LogP contribution < -0.4 is 5.32 Å². The molecule has 0 amide bonds. The van der Waals surface area contributed by atoms with Crippen LogP contribution in [0.1, 0.15) is 29.5 Å². The fraction of sp³-hybridized carbons (Fsp3) is 0.348. The van der Waals surface area contributed by atoms with Crippen LogP contribution >= 0.6 is 0 Å². The van der Waals surface area contributed by atoms with Crippen molar-refractivity contribution < 1.29 is 4.74 Å². The van der Waals surface area contributed by atoms with Gasteiger partial charge in [-0.1, -0.05) is 42.5 Å². The van der Waals surface area contributed by atoms with Gasteiger partial charge in [0.25, 0.3) is 0 Å². The van der Waals surface area contributed by atoms with Gasteiger partial charge < -0.3 is 10.1 Å². The molecular formula is C23H27N3O. The third kappa shape index (κ3) is 4.12. The van der Waals surface area contributed by atoms with E-state index in [-0.39, 0.29) is 0 Å². The first-order valence-electron chi connectivity index (χ1n) is 9.74. The minimum absolute atomic E-state index is 0.347. The number of rotatable bonds is 6. The van der Waals surface area contributed by atoms with Gasteiger partial charge in [-0.3, -0.25) is 0 Å². The Morgan fingerprint density at radius 3 is 2.78 bits per heavy atom. The van der Waals surface area contributed by atoms with Gasteiger partial charge in [0.1, 0.15) is 0 Å². The van der Waals surface area contributed by atoms with Crippen molar-refractivity contribution in [2.75, 3.05) is 13.2 Å². The molecule has 1 unspecified atom stereocenters. The van der Waals surface area contributed by atoms with Crippen LogP contribution in [0.25, 0.3) is 16.9 Å². The fourth-order valence-electron chi connectivity index (χ4n) is 3.64. The maximum Gasteiger partial charge on any atom is 0.0972 e. The zero-order valence-corrected chi connectivity index (χ0v) is 16.1. The van der Waals surface area contributed by atoms with Crippen molar-refractivity contribution >= 4 is 0 Å². The molecule has 27 heavy (non-hydrogen) atoms. The molecule has 1 aliphatic rings. The van der Waals surface area contributed by atoms with Gasteiger partial charge >= 0.3 is 0 Å². The predicted molar refractivity (Wildman–Crippen MR) is 109 cm³/mol. The number of hydrogen-bond acceptors (Lipinski definition) is 3. The van der Waals surface area contributed by atoms with Crippen LogP contribution in [-0.4, -0.2) is 29.0 Å². The first-order valence-corrected chi connectivity index (χ1v) is 9.74. The topological polar surface area (TPSA) is 39.1 Å². The molecule has 1 N–H and O–H groups in total. The third-order valence-corrected chi connectivity index (χ3v) is 5.16. The fourth-order valence-corrected chi connectivity index (χ4v) is 3.64. The van der Waals surface area contributed by atoms with E-state index in [0.29, 0.717) is 6.10 Å². The molecular weight excluding hydrogens is 334 g/mol. The molecule has 0 bridgehead atoms. The molecule has 0 spiro atoms. The minimum atomic E-state index is 0.347. The summed E-state index contributed by atoms with van der Waals surface area (Å²) in [6.45, 7) is 6.83. The molecule has 1 fully saturated rings. The van der Waals surface area contributed by atoms with E-state index in [9.17, 15) is 0 Å². The standard InChI is InChI=1S/C23H27N3O/c1-17-10-11-18(2)22(13-17)26-16-20(14-24-15-21-9-6-12-27-21)23(25-26)19-7-4-3-5-8-19/h3-5,7-8,10-11,13,16,21,24H,6,9,12,14-15H2,1-2H3. The number of aryl methyl sites for hydroxylation is 2. The summed E-state index contributed by atoms with van der Waals surface area (Å²) < 4.78 is 7.75. The summed E-state index contributed by atoms with van der Waals surface area (Å²) in [6.07, 6.45) is 4.83. The number of nitrogens with zero attached hydrogens (tertiary/aromatic N) is 2. The van der Waals surface area contributed by atoms with Gasteiger partial charge in [-0.15, -0.1) is 0 Å². The van der Waals surface area contributed by atoms with Crippen molar-refractivity contribution in [3.63, 3.8) is 0 Å². The summed E-state index contributed by atoms with van der Waals surface area (Å²) >= 11 is 0. The van der Waals surface area contributed by atoms with Crippen molar-refractivity contribution in [3.05, 3.63) is 71.4 Å². The summed E-state index contributed by atoms with van der Waals surface area (Å²) in [6, 6.07) is 16.9. The molecule has 2 heterocycles. The average molecular weight is 361 g/mol. The second-order valence-electron chi connectivity index (χ2n) is 7.37. The van der Waals surface area contributed by atoms with Gasteiger partial charge in [-0.25, -0.2) is 4.68 Å². The van der Waals surface area contributed by atoms with E-state index in [2.05, 4.69) is 67.8 Å². The van der Waals surface area contributed by atoms with Crippen LogP contribution in [0.2, 0.25) is 0 Å². The highest BCUT2D eigenvalue weighted by atomic mass is 16.5. The molecule has 1 atom stereocenters. The Labute approximate surface area is 161 Å². The first kappa shape index (κ1) is 18.0. The number of ether oxygens (including phenoxy) is 1. The van der Waals surface area contributed by atoms with Crippen LogP contribution in [0, 0.1) is 13.8 Å². The molecule has 0 radical (unpaired) electrons. The van der Waals surface area contributed by atoms with E-state index in [1.807, 2.05) is 10.7 Å². The van der Waals surface area contributed by atoms with E-state index in [1.165, 1.54) is 23.1 Å². The van der Waals surface area contributed by atoms with Gasteiger partial charge in [0.15, 0.2) is 0 Å². The van der Waals surface area contributed by atoms with Crippen LogP contribution in [0.15, 0.2) is 54.7 Å². The van der Waals surface area contributed by atoms with Crippen LogP contribution in [-0.2, 0) is 11.3 Å². The Morgan fingerprint density at radius 1 is 1.15 bits per heavy atom. The lowest BCUT2D eigenvalue weighted by Gasteiger charge is -2.10. The van der Waals surface area contributed by atoms with Crippen LogP contribution in [0.4, 0.5) is 0 Å². The highest BCUT2D eigenvalue weighted by Gasteiger charge is 2.17. The Hall–Kier alpha value is -2.43. The second kappa shape index (κ2) is 8.07. The number of benzene rings is 2. The van der Waals surface area contributed by atoms with Crippen molar-refractivity contribution in [1.29, 1.82) is 0 Å². The monoisotopic (exact) mass is 361 g/mol. The highest BCUT2D eigenvalue weighted by Crippen LogP contribution is 2.25. The Balaban J connectivity index is 1.63. The molecule has 140 valence electrons. The van der Waals surface area contributed by atoms with Crippen molar-refractivity contribution in [2.45, 2.75) is 39.3 Å². The van der Waals surface area contributed by atoms with Crippen LogP contribution in [0.5, 0.6) is 0 Å². The van der Waals surface area contributed by atoms with Gasteiger partial charge in [0, 0.05) is 37.0 Å². The number of nitrogens with one attached hydrogen (secondary N) is 1. The van der Waals surface area contributed by atoms with Crippen LogP contribution in [0.3, 0.4) is 0 Å². The third-order valence-electron chi connectivity index (χ3n) is 5.16. The normalized spacial score (nSPS) is 16.7. The zero-order chi connectivity index (χ0) is 18.6. The molecule has 0 aliphatic carbocycles. The minimum Gasteiger partial charge on any atom is -0.377 e. The van der Waals surface area contributed by atoms with Gasteiger partial charge in [0.2, 0.25) is 0 Å². The van der Waals surface area contributed by atoms with Gasteiger partial charge in [0.05, 0.1) is 17.5 Å². The smallest absolute Gasteiger partial charge is 0.0972 e. The molecule has 2 aromatic carbocycles. The Bertz CT molecular complexity index is 895. The summed E-state index contributed by atoms with van der Waals surface area (Å²) in [5.74, 6) is 0. The summed E-state index contributed by atoms with van der Waals surface area (Å²) in [7, 11) is 0. The average Bonchev–Trinajstić information content (AvgIpc) is 3.35. The first-order chi connectivity index (χ1) is 13.2. The quantitative estimate of drug-likeness (QED) is 0.706. The van der Waals surface area contributed by atoms with E-state index >= 15 is 0 Å². The molecule has 0 saturated carbocycles. The molecule has 1 aliphatic heterocycles. The summed E-state index contributed by atoms with van der Waals surface area (Å²) in [4.78, 5) is 0. The maximum absolute atomic E-state index is 5.73. The maximum atomic E-state index is 5.73. The van der Waals surface area contributed by atoms with E-state index in [1.54, 1.807) is 0 Å². The molecule has 4 rings (SSSR count). The largest absolute Gasteiger partial charge is 0.377 e.